The van der Waals surface area contributed by atoms with E-state index >= 15 is 0 Å². The molecule has 1 aliphatic carbocycles. The van der Waals surface area contributed by atoms with Crippen LogP contribution in [0.3, 0.4) is 0 Å². The number of hydrogen-bond acceptors (Lipinski definition) is 17. The predicted molar refractivity (Wildman–Crippen MR) is 552 cm³/mol. The maximum Gasteiger partial charge on any atom is 0.277 e. The van der Waals surface area contributed by atoms with Gasteiger partial charge < -0.3 is 76.3 Å². The molecule has 10 N–H and O–H groups in total. The van der Waals surface area contributed by atoms with E-state index in [4.69, 9.17) is 5.10 Å². The van der Waals surface area contributed by atoms with Crippen LogP contribution in [-0.4, -0.2) is 212 Å². The minimum atomic E-state index is -0.423. The van der Waals surface area contributed by atoms with E-state index in [1.54, 1.807) is 201 Å². The van der Waals surface area contributed by atoms with Gasteiger partial charge in [0.05, 0.1) is 63.4 Å². The van der Waals surface area contributed by atoms with E-state index in [2.05, 4.69) is 93.4 Å². The van der Waals surface area contributed by atoms with Gasteiger partial charge in [0.2, 0.25) is 17.7 Å². The van der Waals surface area contributed by atoms with Crippen LogP contribution in [0, 0.1) is 23.3 Å². The van der Waals surface area contributed by atoms with Crippen molar-refractivity contribution in [2.75, 3.05) is 55.2 Å². The molecule has 0 spiro atoms. The molecule has 0 radical (unpaired) electrons. The molecule has 9 aromatic heterocycles. The number of thiophene rings is 1. The standard InChI is InChI=1S/C29H27FN6O3.C28H26FN5O3S.C27H29FN6O3.C26H27FN6O3/c1-3-25(37)32-21-10-12-22(13-11-21)33-28(38)26-23-17-35(29(39)24-5-4-14-31-24)15-18(2)27(23)36(34-26)16-19-6-8-20(30)9-7-19;1-3-20(35)13-21-10-11-24(38-21)31-27(36)25-22-16-33(28(37)23-5-4-12-30-23)14-17(2)26(22)34(32-25)15-18-6-8-19(29)9-7-18;1-3-23(35)30-19-11-20(12-19)31-26(36)24-21-15-33(27(37)22-5-4-10-29-22)13-16(2)25(21)34(32-24)14-17-6-8-18(28)9-7-17;1-3-22(34)31-13-19(14-31)29-25(35)23-20-15-32(26(36)21-5-4-10-28-21)11-16(2)24(20)33(30-23)12-17-6-8-18(27)9-7-17/h3-14,18,31H,1,15-17H2,2H3,(H,32,37)(H,33,38);3-12,17,30H,1,13-16H2,2H3,(H,31,36);3-10,16,19-20,29H,1,11-15H2,2H3,(H,30,35)(H,31,36);3-10,16,19,28H,1,11-15H2,2H3,(H,29,35). The SMILES string of the molecule is C=CC(=O)Cc1ccc(NC(=O)c2nn(Cc3ccc(F)cc3)c3c2CN(C(=O)c2ccc[nH]2)CC3C)s1.C=CC(=O)N1CC(NC(=O)c2nn(Cc3ccc(F)cc3)c3c2CN(C(=O)c2ccc[nH]2)CC3C)C1.C=CC(=O)NC1CC(NC(=O)c2nn(Cc3ccc(F)cc3)c3c2CN(C(=O)c2ccc[nH]2)CC3C)C1.C=CC(=O)Nc1ccc(NC(=O)c2nn(Cc3ccc(F)cc3)c3c2CN(C(=O)c2ccc[nH]2)CC3C)cc1. The first kappa shape index (κ1) is 104. The minimum absolute atomic E-state index is 0.00493. The molecule has 5 aromatic carbocycles. The van der Waals surface area contributed by atoms with Gasteiger partial charge in [-0.15, -0.1) is 11.3 Å². The summed E-state index contributed by atoms with van der Waals surface area (Å²) in [6.45, 7) is 27.0. The van der Waals surface area contributed by atoms with E-state index in [1.807, 2.05) is 27.7 Å². The third-order valence-electron chi connectivity index (χ3n) is 26.7. The van der Waals surface area contributed by atoms with Crippen molar-refractivity contribution in [2.45, 2.75) is 141 Å². The Morgan fingerprint density at radius 1 is 0.347 bits per heavy atom. The van der Waals surface area contributed by atoms with Gasteiger partial charge in [0.15, 0.2) is 28.6 Å². The zero-order valence-electron chi connectivity index (χ0n) is 82.5. The molecule has 2 fully saturated rings. The van der Waals surface area contributed by atoms with Gasteiger partial charge in [-0.25, -0.2) is 17.6 Å². The van der Waals surface area contributed by atoms with Crippen molar-refractivity contribution >= 4 is 98.5 Å². The number of fused-ring (bicyclic) bond motifs is 4. The Balaban J connectivity index is 0.000000136. The van der Waals surface area contributed by atoms with E-state index < -0.39 is 11.8 Å². The molecule has 1 saturated carbocycles. The Kier molecular flexibility index (Phi) is 31.7. The fraction of sp³-hybridized carbons (Fsp3) is 0.255. The maximum atomic E-state index is 13.5. The van der Waals surface area contributed by atoms with Crippen molar-refractivity contribution in [2.24, 2.45) is 0 Å². The summed E-state index contributed by atoms with van der Waals surface area (Å²) in [6, 6.07) is 48.6. The molecule has 35 nitrogen and oxygen atoms in total. The molecule has 5 aliphatic heterocycles. The number of nitrogens with zero attached hydrogens (tertiary/aromatic N) is 13. The number of anilines is 3. The van der Waals surface area contributed by atoms with Gasteiger partial charge in [-0.05, 0) is 193 Å². The number of aromatic nitrogens is 12. The van der Waals surface area contributed by atoms with E-state index in [0.29, 0.717) is 140 Å². The fourth-order valence-corrected chi connectivity index (χ4v) is 20.4. The largest absolute Gasteiger partial charge is 0.357 e. The van der Waals surface area contributed by atoms with Gasteiger partial charge in [0.25, 0.3) is 47.3 Å². The summed E-state index contributed by atoms with van der Waals surface area (Å²) in [5.74, 6) is -4.55. The lowest BCUT2D eigenvalue weighted by Gasteiger charge is -2.38. The molecule has 20 rings (SSSR count). The highest BCUT2D eigenvalue weighted by Gasteiger charge is 2.43. The van der Waals surface area contributed by atoms with Crippen LogP contribution in [0.15, 0.2) is 257 Å². The first-order valence-corrected chi connectivity index (χ1v) is 49.5. The number of rotatable bonds is 28. The molecule has 1 saturated heterocycles. The summed E-state index contributed by atoms with van der Waals surface area (Å²) in [5.41, 5.74) is 13.7. The van der Waals surface area contributed by atoms with Gasteiger partial charge in [-0.3, -0.25) is 76.3 Å². The number of nitrogens with one attached hydrogen (secondary N) is 10. The molecule has 6 aliphatic rings. The summed E-state index contributed by atoms with van der Waals surface area (Å²) in [6.07, 6.45) is 13.2. The van der Waals surface area contributed by atoms with Crippen molar-refractivity contribution in [3.63, 3.8) is 0 Å². The Morgan fingerprint density at radius 3 is 0.973 bits per heavy atom. The highest BCUT2D eigenvalue weighted by molar-refractivity contribution is 7.16. The van der Waals surface area contributed by atoms with Crippen molar-refractivity contribution in [3.8, 4) is 0 Å². The normalized spacial score (nSPS) is 16.7. The maximum absolute atomic E-state index is 13.5. The van der Waals surface area contributed by atoms with Crippen LogP contribution in [0.25, 0.3) is 0 Å². The molecule has 4 atom stereocenters. The van der Waals surface area contributed by atoms with Crippen molar-refractivity contribution in [1.29, 1.82) is 0 Å². The number of H-pyrrole nitrogens is 4. The first-order chi connectivity index (χ1) is 72.3. The number of allylic oxidation sites excluding steroid dienone is 1. The zero-order chi connectivity index (χ0) is 106. The zero-order valence-corrected chi connectivity index (χ0v) is 83.3. The Labute approximate surface area is 863 Å². The molecular weight excluding hydrogens is 1940 g/mol. The topological polar surface area (TPSA) is 428 Å². The first-order valence-electron chi connectivity index (χ1n) is 48.7. The quantitative estimate of drug-likeness (QED) is 0.0161. The van der Waals surface area contributed by atoms with E-state index in [1.165, 1.54) is 84.2 Å². The number of hydrogen-bond donors (Lipinski definition) is 10. The number of likely N-dealkylation sites (tertiary alicyclic amines) is 1. The third-order valence-corrected chi connectivity index (χ3v) is 27.7. The third kappa shape index (κ3) is 24.0. The summed E-state index contributed by atoms with van der Waals surface area (Å²) < 4.78 is 60.9. The highest BCUT2D eigenvalue weighted by Crippen LogP contribution is 2.39. The van der Waals surface area contributed by atoms with Gasteiger partial charge >= 0.3 is 0 Å². The second kappa shape index (κ2) is 45.9. The number of amides is 11. The van der Waals surface area contributed by atoms with Crippen LogP contribution in [0.5, 0.6) is 0 Å². The second-order valence-corrected chi connectivity index (χ2v) is 38.8. The van der Waals surface area contributed by atoms with E-state index in [0.717, 1.165) is 49.9 Å². The van der Waals surface area contributed by atoms with Gasteiger partial charge in [0, 0.05) is 168 Å². The Morgan fingerprint density at radius 2 is 0.660 bits per heavy atom. The molecule has 0 bridgehead atoms. The number of carbonyl (C=O) groups excluding carboxylic acids is 12. The minimum Gasteiger partial charge on any atom is -0.357 e. The number of ketones is 1. The van der Waals surface area contributed by atoms with Crippen molar-refractivity contribution < 1.29 is 75.1 Å². The summed E-state index contributed by atoms with van der Waals surface area (Å²) >= 11 is 1.31. The van der Waals surface area contributed by atoms with Crippen LogP contribution in [0.1, 0.15) is 220 Å². The lowest BCUT2D eigenvalue weighted by molar-refractivity contribution is -0.130. The van der Waals surface area contributed by atoms with Gasteiger partial charge in [0.1, 0.15) is 46.0 Å². The van der Waals surface area contributed by atoms with Crippen LogP contribution >= 0.6 is 11.3 Å². The number of benzene rings is 5. The van der Waals surface area contributed by atoms with E-state index in [9.17, 15) is 75.1 Å². The molecule has 14 aromatic rings. The molecule has 11 amide bonds. The smallest absolute Gasteiger partial charge is 0.277 e. The van der Waals surface area contributed by atoms with Crippen LogP contribution in [0.4, 0.5) is 33.9 Å². The molecule has 150 heavy (non-hydrogen) atoms. The summed E-state index contributed by atoms with van der Waals surface area (Å²) in [7, 11) is 0. The molecule has 4 unspecified atom stereocenters. The Bertz CT molecular complexity index is 7400. The van der Waals surface area contributed by atoms with Crippen molar-refractivity contribution in [1.82, 2.24) is 99.5 Å². The summed E-state index contributed by atoms with van der Waals surface area (Å²) in [4.78, 5) is 174. The molecule has 40 heteroatoms. The van der Waals surface area contributed by atoms with Crippen LogP contribution in [-0.2, 0) is 78.0 Å². The Hall–Kier alpha value is -17.7. The lowest BCUT2D eigenvalue weighted by Crippen LogP contribution is -2.60. The number of carbonyl (C=O) groups is 12. The second-order valence-electron chi connectivity index (χ2n) is 37.6. The van der Waals surface area contributed by atoms with Gasteiger partial charge in [-0.2, -0.15) is 20.4 Å². The predicted octanol–water partition coefficient (Wildman–Crippen LogP) is 14.3. The van der Waals surface area contributed by atoms with E-state index in [-0.39, 0.29) is 179 Å². The number of aromatic amines is 4. The monoisotopic (exact) mass is 2050 g/mol. The summed E-state index contributed by atoms with van der Waals surface area (Å²) in [5, 5.41) is 36.5. The average molecular weight is 2050 g/mol. The number of halogens is 4. The molecular formula is C110H109F4N23O12S. The molecule has 14 heterocycles. The van der Waals surface area contributed by atoms with Gasteiger partial charge in [-0.1, -0.05) is 103 Å². The van der Waals surface area contributed by atoms with Crippen molar-refractivity contribution in [3.05, 3.63) is 398 Å². The fourth-order valence-electron chi connectivity index (χ4n) is 19.5. The average Bonchev–Trinajstić information content (AvgIpc) is 1.62. The lowest BCUT2D eigenvalue weighted by atomic mass is 9.86. The highest BCUT2D eigenvalue weighted by atomic mass is 32.1. The molecule has 770 valence electrons. The van der Waals surface area contributed by atoms with Crippen LogP contribution in [0.2, 0.25) is 0 Å². The van der Waals surface area contributed by atoms with Crippen LogP contribution < -0.4 is 31.9 Å².